The van der Waals surface area contributed by atoms with Crippen molar-refractivity contribution in [3.63, 3.8) is 0 Å². The minimum absolute atomic E-state index is 0.272. The van der Waals surface area contributed by atoms with Gasteiger partial charge in [-0.2, -0.15) is 0 Å². The van der Waals surface area contributed by atoms with Crippen molar-refractivity contribution in [2.45, 2.75) is 13.0 Å². The maximum absolute atomic E-state index is 10.9. The molecule has 5 heteroatoms. The number of halogens is 1. The molecular weight excluding hydrogens is 307 g/mol. The molecule has 0 amide bonds. The van der Waals surface area contributed by atoms with Crippen LogP contribution in [0.3, 0.4) is 0 Å². The summed E-state index contributed by atoms with van der Waals surface area (Å²) in [4.78, 5) is 12.8. The standard InChI is InChI=1S/C10H11IN2O2/c1-12-3-2-9-7(6-12)4-8(11)5-10(9)13(14)15/h4-5H,2-3,6H2,1H3. The molecule has 0 bridgehead atoms. The van der Waals surface area contributed by atoms with Crippen molar-refractivity contribution < 1.29 is 4.92 Å². The van der Waals surface area contributed by atoms with Crippen molar-refractivity contribution >= 4 is 28.3 Å². The number of nitrogens with zero attached hydrogens (tertiary/aromatic N) is 2. The molecule has 0 aromatic heterocycles. The first-order valence-corrected chi connectivity index (χ1v) is 5.80. The predicted molar refractivity (Wildman–Crippen MR) is 65.9 cm³/mol. The van der Waals surface area contributed by atoms with Crippen molar-refractivity contribution in [3.8, 4) is 0 Å². The van der Waals surface area contributed by atoms with E-state index in [1.807, 2.05) is 13.1 Å². The third-order valence-electron chi connectivity index (χ3n) is 2.66. The van der Waals surface area contributed by atoms with Gasteiger partial charge in [-0.15, -0.1) is 0 Å². The van der Waals surface area contributed by atoms with E-state index >= 15 is 0 Å². The summed E-state index contributed by atoms with van der Waals surface area (Å²) in [6.45, 7) is 1.71. The first-order chi connectivity index (χ1) is 7.08. The molecular formula is C10H11IN2O2. The topological polar surface area (TPSA) is 46.4 Å². The monoisotopic (exact) mass is 318 g/mol. The Morgan fingerprint density at radius 3 is 2.93 bits per heavy atom. The van der Waals surface area contributed by atoms with Crippen molar-refractivity contribution in [1.82, 2.24) is 4.90 Å². The second-order valence-corrected chi connectivity index (χ2v) is 5.05. The maximum Gasteiger partial charge on any atom is 0.274 e. The summed E-state index contributed by atoms with van der Waals surface area (Å²) >= 11 is 2.13. The van der Waals surface area contributed by atoms with Gasteiger partial charge in [0.2, 0.25) is 0 Å². The first-order valence-electron chi connectivity index (χ1n) is 4.72. The van der Waals surface area contributed by atoms with Crippen LogP contribution in [0.25, 0.3) is 0 Å². The third-order valence-corrected chi connectivity index (χ3v) is 3.29. The highest BCUT2D eigenvalue weighted by Crippen LogP contribution is 2.29. The van der Waals surface area contributed by atoms with Crippen molar-refractivity contribution in [1.29, 1.82) is 0 Å². The zero-order chi connectivity index (χ0) is 11.0. The Hall–Kier alpha value is -0.690. The number of likely N-dealkylation sites (N-methyl/N-ethyl adjacent to an activating group) is 1. The largest absolute Gasteiger partial charge is 0.302 e. The number of benzene rings is 1. The van der Waals surface area contributed by atoms with Crippen LogP contribution < -0.4 is 0 Å². The van der Waals surface area contributed by atoms with E-state index in [0.29, 0.717) is 0 Å². The van der Waals surface area contributed by atoms with E-state index in [1.165, 1.54) is 0 Å². The van der Waals surface area contributed by atoms with Gasteiger partial charge < -0.3 is 4.90 Å². The molecule has 0 spiro atoms. The summed E-state index contributed by atoms with van der Waals surface area (Å²) in [5.41, 5.74) is 2.30. The lowest BCUT2D eigenvalue weighted by Crippen LogP contribution is -2.27. The summed E-state index contributed by atoms with van der Waals surface area (Å²) in [5, 5.41) is 10.9. The minimum atomic E-state index is -0.272. The Labute approximate surface area is 102 Å². The molecule has 0 N–H and O–H groups in total. The highest BCUT2D eigenvalue weighted by Gasteiger charge is 2.23. The summed E-state index contributed by atoms with van der Waals surface area (Å²) in [7, 11) is 2.04. The van der Waals surface area contributed by atoms with Crippen LogP contribution in [0.15, 0.2) is 12.1 Å². The second kappa shape index (κ2) is 4.05. The van der Waals surface area contributed by atoms with Crippen LogP contribution in [0.4, 0.5) is 5.69 Å². The molecule has 1 aliphatic heterocycles. The molecule has 4 nitrogen and oxygen atoms in total. The lowest BCUT2D eigenvalue weighted by Gasteiger charge is -2.24. The number of nitro groups is 1. The number of hydrogen-bond acceptors (Lipinski definition) is 3. The smallest absolute Gasteiger partial charge is 0.274 e. The van der Waals surface area contributed by atoms with E-state index in [1.54, 1.807) is 6.07 Å². The molecule has 0 saturated heterocycles. The highest BCUT2D eigenvalue weighted by atomic mass is 127. The third kappa shape index (κ3) is 2.12. The van der Waals surface area contributed by atoms with Gasteiger partial charge in [-0.25, -0.2) is 0 Å². The molecule has 0 radical (unpaired) electrons. The Bertz CT molecular complexity index is 420. The number of rotatable bonds is 1. The first kappa shape index (κ1) is 10.8. The van der Waals surface area contributed by atoms with Gasteiger partial charge >= 0.3 is 0 Å². The molecule has 1 aromatic rings. The van der Waals surface area contributed by atoms with E-state index in [2.05, 4.69) is 27.5 Å². The van der Waals surface area contributed by atoms with Crippen molar-refractivity contribution in [2.24, 2.45) is 0 Å². The van der Waals surface area contributed by atoms with Gasteiger partial charge in [0.25, 0.3) is 5.69 Å². The molecule has 1 heterocycles. The Balaban J connectivity index is 2.54. The average molecular weight is 318 g/mol. The van der Waals surface area contributed by atoms with Gasteiger partial charge in [0.05, 0.1) is 4.92 Å². The Kier molecular flexibility index (Phi) is 2.92. The van der Waals surface area contributed by atoms with Crippen LogP contribution in [0.5, 0.6) is 0 Å². The summed E-state index contributed by atoms with van der Waals surface area (Å²) in [6.07, 6.45) is 0.777. The van der Waals surface area contributed by atoms with E-state index < -0.39 is 0 Å². The molecule has 1 aromatic carbocycles. The van der Waals surface area contributed by atoms with Crippen LogP contribution in [-0.2, 0) is 13.0 Å². The number of hydrogen-bond donors (Lipinski definition) is 0. The second-order valence-electron chi connectivity index (χ2n) is 3.81. The number of nitro benzene ring substituents is 1. The SMILES string of the molecule is CN1CCc2c(cc(I)cc2[N+](=O)[O-])C1. The fourth-order valence-corrected chi connectivity index (χ4v) is 2.61. The molecule has 0 fully saturated rings. The molecule has 15 heavy (non-hydrogen) atoms. The van der Waals surface area contributed by atoms with Crippen LogP contribution in [0, 0.1) is 13.7 Å². The normalized spacial score (nSPS) is 16.1. The van der Waals surface area contributed by atoms with Crippen molar-refractivity contribution in [3.05, 3.63) is 36.9 Å². The highest BCUT2D eigenvalue weighted by molar-refractivity contribution is 14.1. The Morgan fingerprint density at radius 2 is 2.27 bits per heavy atom. The molecule has 2 rings (SSSR count). The van der Waals surface area contributed by atoms with E-state index in [4.69, 9.17) is 0 Å². The average Bonchev–Trinajstić information content (AvgIpc) is 2.15. The summed E-state index contributed by atoms with van der Waals surface area (Å²) in [6, 6.07) is 3.70. The maximum atomic E-state index is 10.9. The van der Waals surface area contributed by atoms with Crippen molar-refractivity contribution in [2.75, 3.05) is 13.6 Å². The molecule has 0 saturated carbocycles. The van der Waals surface area contributed by atoms with Crippen LogP contribution in [0.2, 0.25) is 0 Å². The predicted octanol–water partition coefficient (Wildman–Crippen LogP) is 2.19. The van der Waals surface area contributed by atoms with Crippen LogP contribution in [-0.4, -0.2) is 23.4 Å². The van der Waals surface area contributed by atoms with Gasteiger partial charge in [0.1, 0.15) is 0 Å². The lowest BCUT2D eigenvalue weighted by atomic mass is 9.98. The van der Waals surface area contributed by atoms with E-state index in [9.17, 15) is 10.1 Å². The summed E-state index contributed by atoms with van der Waals surface area (Å²) < 4.78 is 0.938. The molecule has 0 atom stereocenters. The minimum Gasteiger partial charge on any atom is -0.302 e. The fourth-order valence-electron chi connectivity index (χ4n) is 1.94. The lowest BCUT2D eigenvalue weighted by molar-refractivity contribution is -0.385. The van der Waals surface area contributed by atoms with Gasteiger partial charge in [0.15, 0.2) is 0 Å². The van der Waals surface area contributed by atoms with Gasteiger partial charge in [-0.1, -0.05) is 0 Å². The van der Waals surface area contributed by atoms with E-state index in [0.717, 1.165) is 34.2 Å². The van der Waals surface area contributed by atoms with Gasteiger partial charge in [-0.3, -0.25) is 10.1 Å². The fraction of sp³-hybridized carbons (Fsp3) is 0.400. The van der Waals surface area contributed by atoms with Gasteiger partial charge in [-0.05, 0) is 47.7 Å². The van der Waals surface area contributed by atoms with Crippen LogP contribution in [0.1, 0.15) is 11.1 Å². The Morgan fingerprint density at radius 1 is 1.53 bits per heavy atom. The zero-order valence-corrected chi connectivity index (χ0v) is 10.5. The van der Waals surface area contributed by atoms with Gasteiger partial charge in [0, 0.05) is 28.3 Å². The summed E-state index contributed by atoms with van der Waals surface area (Å²) in [5.74, 6) is 0. The molecule has 0 unspecified atom stereocenters. The zero-order valence-electron chi connectivity index (χ0n) is 8.36. The molecule has 1 aliphatic rings. The van der Waals surface area contributed by atoms with Crippen LogP contribution >= 0.6 is 22.6 Å². The molecule has 80 valence electrons. The number of fused-ring (bicyclic) bond motifs is 1. The quantitative estimate of drug-likeness (QED) is 0.453. The van der Waals surface area contributed by atoms with E-state index in [-0.39, 0.29) is 10.6 Å². The molecule has 0 aliphatic carbocycles.